The first-order valence-corrected chi connectivity index (χ1v) is 9.41. The lowest BCUT2D eigenvalue weighted by Gasteiger charge is -2.23. The molecule has 29 heavy (non-hydrogen) atoms. The summed E-state index contributed by atoms with van der Waals surface area (Å²) in [4.78, 5) is 19.3. The second-order valence-corrected chi connectivity index (χ2v) is 6.81. The zero-order chi connectivity index (χ0) is 20.2. The van der Waals surface area contributed by atoms with Crippen molar-refractivity contribution >= 4 is 34.7 Å². The average molecular weight is 407 g/mol. The molecule has 0 aliphatic carbocycles. The van der Waals surface area contributed by atoms with Crippen molar-refractivity contribution in [3.05, 3.63) is 89.8 Å². The molecule has 6 nitrogen and oxygen atoms in total. The van der Waals surface area contributed by atoms with Crippen LogP contribution in [0.15, 0.2) is 79.1 Å². The predicted molar refractivity (Wildman–Crippen MR) is 115 cm³/mol. The molecule has 0 aliphatic rings. The number of fused-ring (bicyclic) bond motifs is 1. The topological polar surface area (TPSA) is 58.9 Å². The first-order valence-electron chi connectivity index (χ1n) is 9.04. The number of urea groups is 1. The van der Waals surface area contributed by atoms with Crippen molar-refractivity contribution in [2.24, 2.45) is 0 Å². The zero-order valence-electron chi connectivity index (χ0n) is 15.7. The van der Waals surface area contributed by atoms with Crippen molar-refractivity contribution in [3.63, 3.8) is 0 Å². The molecular weight excluding hydrogens is 388 g/mol. The van der Waals surface area contributed by atoms with E-state index in [2.05, 4.69) is 10.3 Å². The van der Waals surface area contributed by atoms with E-state index < -0.39 is 0 Å². The molecule has 0 saturated carbocycles. The second kappa shape index (κ2) is 8.24. The molecule has 2 aromatic carbocycles. The van der Waals surface area contributed by atoms with Gasteiger partial charge in [0.1, 0.15) is 11.4 Å². The number of aromatic nitrogens is 2. The highest BCUT2D eigenvalue weighted by molar-refractivity contribution is 6.31. The fourth-order valence-corrected chi connectivity index (χ4v) is 3.28. The molecule has 0 fully saturated rings. The number of ether oxygens (including phenoxy) is 1. The average Bonchev–Trinajstić information content (AvgIpc) is 3.16. The van der Waals surface area contributed by atoms with Crippen LogP contribution in [-0.2, 0) is 6.54 Å². The van der Waals surface area contributed by atoms with E-state index in [1.54, 1.807) is 36.4 Å². The van der Waals surface area contributed by atoms with Crippen molar-refractivity contribution in [3.8, 4) is 5.75 Å². The molecule has 7 heteroatoms. The smallest absolute Gasteiger partial charge is 0.326 e. The number of amides is 2. The molecule has 2 heterocycles. The van der Waals surface area contributed by atoms with Gasteiger partial charge >= 0.3 is 6.03 Å². The lowest BCUT2D eigenvalue weighted by Crippen LogP contribution is -2.35. The van der Waals surface area contributed by atoms with Gasteiger partial charge in [0.05, 0.1) is 31.2 Å². The summed E-state index contributed by atoms with van der Waals surface area (Å²) in [6.45, 7) is 0.337. The Morgan fingerprint density at radius 3 is 2.72 bits per heavy atom. The molecule has 0 spiro atoms. The lowest BCUT2D eigenvalue weighted by atomic mass is 10.2. The Bertz CT molecular complexity index is 1140. The number of benzene rings is 2. The molecule has 0 aliphatic heterocycles. The van der Waals surface area contributed by atoms with Gasteiger partial charge in [-0.15, -0.1) is 0 Å². The van der Waals surface area contributed by atoms with Crippen molar-refractivity contribution in [2.45, 2.75) is 6.54 Å². The van der Waals surface area contributed by atoms with Gasteiger partial charge in [-0.3, -0.25) is 4.90 Å². The lowest BCUT2D eigenvalue weighted by molar-refractivity contribution is 0.256. The summed E-state index contributed by atoms with van der Waals surface area (Å²) in [5, 5.41) is 3.42. The van der Waals surface area contributed by atoms with Crippen molar-refractivity contribution in [1.29, 1.82) is 0 Å². The van der Waals surface area contributed by atoms with E-state index in [0.717, 1.165) is 17.0 Å². The Labute approximate surface area is 173 Å². The van der Waals surface area contributed by atoms with Crippen LogP contribution in [0.3, 0.4) is 0 Å². The van der Waals surface area contributed by atoms with Gasteiger partial charge in [0.15, 0.2) is 0 Å². The van der Waals surface area contributed by atoms with Gasteiger partial charge < -0.3 is 14.5 Å². The van der Waals surface area contributed by atoms with Crippen LogP contribution >= 0.6 is 11.6 Å². The number of halogens is 1. The number of carbonyl (C=O) groups is 1. The number of rotatable bonds is 5. The Kier molecular flexibility index (Phi) is 5.35. The fourth-order valence-electron chi connectivity index (χ4n) is 3.11. The number of nitrogens with one attached hydrogen (secondary N) is 1. The quantitative estimate of drug-likeness (QED) is 0.493. The van der Waals surface area contributed by atoms with E-state index in [1.807, 2.05) is 59.1 Å². The number of carbonyl (C=O) groups excluding carboxylic acids is 1. The molecule has 0 atom stereocenters. The number of hydrogen-bond donors (Lipinski definition) is 1. The normalized spacial score (nSPS) is 10.7. The van der Waals surface area contributed by atoms with Crippen LogP contribution in [0, 0.1) is 0 Å². The number of nitrogens with zero attached hydrogens (tertiary/aromatic N) is 3. The first kappa shape index (κ1) is 18.8. The van der Waals surface area contributed by atoms with E-state index in [1.165, 1.54) is 0 Å². The summed E-state index contributed by atoms with van der Waals surface area (Å²) in [7, 11) is 1.55. The maximum Gasteiger partial charge on any atom is 0.326 e. The van der Waals surface area contributed by atoms with Crippen molar-refractivity contribution in [1.82, 2.24) is 9.38 Å². The van der Waals surface area contributed by atoms with Gasteiger partial charge in [0.2, 0.25) is 0 Å². The van der Waals surface area contributed by atoms with E-state index in [-0.39, 0.29) is 6.03 Å². The van der Waals surface area contributed by atoms with Crippen LogP contribution < -0.4 is 15.0 Å². The predicted octanol–water partition coefficient (Wildman–Crippen LogP) is 5.24. The summed E-state index contributed by atoms with van der Waals surface area (Å²) < 4.78 is 7.31. The van der Waals surface area contributed by atoms with Crippen molar-refractivity contribution < 1.29 is 9.53 Å². The Hall–Kier alpha value is -3.51. The van der Waals surface area contributed by atoms with Gasteiger partial charge in [-0.05, 0) is 42.5 Å². The maximum atomic E-state index is 13.2. The third kappa shape index (κ3) is 4.02. The summed E-state index contributed by atoms with van der Waals surface area (Å²) in [5.41, 5.74) is 2.98. The minimum absolute atomic E-state index is 0.303. The molecule has 0 radical (unpaired) electrons. The van der Waals surface area contributed by atoms with E-state index >= 15 is 0 Å². The number of anilines is 2. The highest BCUT2D eigenvalue weighted by Gasteiger charge is 2.19. The summed E-state index contributed by atoms with van der Waals surface area (Å²) >= 11 is 6.10. The monoisotopic (exact) mass is 406 g/mol. The third-order valence-electron chi connectivity index (χ3n) is 4.53. The van der Waals surface area contributed by atoms with E-state index in [9.17, 15) is 4.79 Å². The number of methoxy groups -OCH3 is 1. The minimum atomic E-state index is -0.303. The molecule has 4 rings (SSSR count). The van der Waals surface area contributed by atoms with Crippen LogP contribution in [0.4, 0.5) is 16.2 Å². The number of para-hydroxylation sites is 1. The molecule has 0 saturated heterocycles. The zero-order valence-corrected chi connectivity index (χ0v) is 16.5. The maximum absolute atomic E-state index is 13.2. The first-order chi connectivity index (χ1) is 14.2. The second-order valence-electron chi connectivity index (χ2n) is 6.37. The number of pyridine rings is 1. The van der Waals surface area contributed by atoms with Gasteiger partial charge in [0, 0.05) is 16.9 Å². The van der Waals surface area contributed by atoms with E-state index in [0.29, 0.717) is 23.0 Å². The van der Waals surface area contributed by atoms with Gasteiger partial charge in [-0.1, -0.05) is 35.9 Å². The largest absolute Gasteiger partial charge is 0.495 e. The third-order valence-corrected chi connectivity index (χ3v) is 4.76. The Morgan fingerprint density at radius 2 is 1.93 bits per heavy atom. The Balaban J connectivity index is 1.68. The minimum Gasteiger partial charge on any atom is -0.495 e. The molecule has 2 aromatic heterocycles. The number of hydrogen-bond acceptors (Lipinski definition) is 3. The fraction of sp³-hybridized carbons (Fsp3) is 0.0909. The van der Waals surface area contributed by atoms with Crippen molar-refractivity contribution in [2.75, 3.05) is 17.3 Å². The van der Waals surface area contributed by atoms with E-state index in [4.69, 9.17) is 16.3 Å². The van der Waals surface area contributed by atoms with Crippen LogP contribution in [0.5, 0.6) is 5.75 Å². The SMILES string of the molecule is COc1ccc(Cl)cc1NC(=O)N(Cc1cnc2ccccn12)c1ccccc1. The molecule has 1 N–H and O–H groups in total. The molecular formula is C22H19ClN4O2. The molecule has 0 bridgehead atoms. The highest BCUT2D eigenvalue weighted by Crippen LogP contribution is 2.29. The summed E-state index contributed by atoms with van der Waals surface area (Å²) in [6, 6.07) is 20.0. The molecule has 0 unspecified atom stereocenters. The van der Waals surface area contributed by atoms with Crippen LogP contribution in [0.2, 0.25) is 5.02 Å². The van der Waals surface area contributed by atoms with Gasteiger partial charge in [-0.2, -0.15) is 0 Å². The molecule has 146 valence electrons. The molecule has 2 amide bonds. The Morgan fingerprint density at radius 1 is 1.14 bits per heavy atom. The summed E-state index contributed by atoms with van der Waals surface area (Å²) in [5.74, 6) is 0.533. The van der Waals surface area contributed by atoms with Gasteiger partial charge in [0.25, 0.3) is 0 Å². The van der Waals surface area contributed by atoms with Crippen LogP contribution in [0.25, 0.3) is 5.65 Å². The standard InChI is InChI=1S/C22H19ClN4O2/c1-29-20-11-10-16(23)13-19(20)25-22(28)27(17-7-3-2-4-8-17)15-18-14-24-21-9-5-6-12-26(18)21/h2-14H,15H2,1H3,(H,25,28). The highest BCUT2D eigenvalue weighted by atomic mass is 35.5. The molecule has 4 aromatic rings. The number of imidazole rings is 1. The van der Waals surface area contributed by atoms with Gasteiger partial charge in [-0.25, -0.2) is 9.78 Å². The van der Waals surface area contributed by atoms with Crippen LogP contribution in [0.1, 0.15) is 5.69 Å². The van der Waals surface area contributed by atoms with Crippen LogP contribution in [-0.4, -0.2) is 22.5 Å². The summed E-state index contributed by atoms with van der Waals surface area (Å²) in [6.07, 6.45) is 3.71.